The second kappa shape index (κ2) is 4.97. The van der Waals surface area contributed by atoms with Gasteiger partial charge in [-0.05, 0) is 19.4 Å². The number of carbonyl (C=O) groups is 2. The van der Waals surface area contributed by atoms with E-state index in [0.29, 0.717) is 5.06 Å². The number of amides is 1. The van der Waals surface area contributed by atoms with Crippen LogP contribution in [0.3, 0.4) is 0 Å². The van der Waals surface area contributed by atoms with Crippen LogP contribution in [0.15, 0.2) is 30.3 Å². The Balaban J connectivity index is 2.75. The third-order valence-corrected chi connectivity index (χ3v) is 2.48. The van der Waals surface area contributed by atoms with Gasteiger partial charge in [0.2, 0.25) is 0 Å². The van der Waals surface area contributed by atoms with Crippen molar-refractivity contribution >= 4 is 11.9 Å². The number of rotatable bonds is 4. The lowest BCUT2D eigenvalue weighted by Crippen LogP contribution is -2.43. The van der Waals surface area contributed by atoms with E-state index in [2.05, 4.69) is 0 Å². The van der Waals surface area contributed by atoms with Gasteiger partial charge in [0.25, 0.3) is 5.91 Å². The summed E-state index contributed by atoms with van der Waals surface area (Å²) in [5, 5.41) is 18.9. The van der Waals surface area contributed by atoms with Crippen LogP contribution in [0.25, 0.3) is 0 Å². The summed E-state index contributed by atoms with van der Waals surface area (Å²) in [4.78, 5) is 22.6. The molecule has 0 fully saturated rings. The molecule has 0 bridgehead atoms. The molecule has 0 radical (unpaired) electrons. The fraction of sp³-hybridized carbons (Fsp3) is 0.333. The highest BCUT2D eigenvalue weighted by atomic mass is 16.5. The number of carbonyl (C=O) groups excluding carboxylic acids is 1. The summed E-state index contributed by atoms with van der Waals surface area (Å²) >= 11 is 0. The number of nitrogens with zero attached hydrogens (tertiary/aromatic N) is 1. The zero-order valence-corrected chi connectivity index (χ0v) is 9.75. The molecule has 0 unspecified atom stereocenters. The molecule has 0 heterocycles. The van der Waals surface area contributed by atoms with Gasteiger partial charge in [0.1, 0.15) is 5.41 Å². The molecule has 5 nitrogen and oxygen atoms in total. The summed E-state index contributed by atoms with van der Waals surface area (Å²) in [5.74, 6) is -2.11. The second-order valence-electron chi connectivity index (χ2n) is 4.28. The predicted octanol–water partition coefficient (Wildman–Crippen LogP) is 1.52. The average molecular weight is 237 g/mol. The molecule has 0 saturated carbocycles. The van der Waals surface area contributed by atoms with E-state index in [9.17, 15) is 14.8 Å². The molecule has 0 atom stereocenters. The van der Waals surface area contributed by atoms with Crippen LogP contribution in [0.2, 0.25) is 0 Å². The SMILES string of the molecule is CC(C)(C(=O)O)C(=O)N(O)Cc1ccccc1. The molecule has 17 heavy (non-hydrogen) atoms. The molecule has 0 aliphatic carbocycles. The molecule has 0 aromatic heterocycles. The molecule has 0 spiro atoms. The quantitative estimate of drug-likeness (QED) is 0.472. The molecule has 1 amide bonds. The first-order chi connectivity index (χ1) is 7.85. The van der Waals surface area contributed by atoms with Crippen LogP contribution in [0.1, 0.15) is 19.4 Å². The van der Waals surface area contributed by atoms with Crippen molar-refractivity contribution in [3.8, 4) is 0 Å². The molecular weight excluding hydrogens is 222 g/mol. The molecule has 0 aliphatic rings. The predicted molar refractivity (Wildman–Crippen MR) is 60.2 cm³/mol. The minimum Gasteiger partial charge on any atom is -0.480 e. The maximum Gasteiger partial charge on any atom is 0.318 e. The summed E-state index contributed by atoms with van der Waals surface area (Å²) in [6, 6.07) is 8.84. The fourth-order valence-electron chi connectivity index (χ4n) is 1.24. The number of hydroxylamine groups is 2. The van der Waals surface area contributed by atoms with E-state index < -0.39 is 17.3 Å². The smallest absolute Gasteiger partial charge is 0.318 e. The maximum absolute atomic E-state index is 11.7. The highest BCUT2D eigenvalue weighted by Crippen LogP contribution is 2.19. The van der Waals surface area contributed by atoms with Crippen molar-refractivity contribution in [2.24, 2.45) is 5.41 Å². The largest absolute Gasteiger partial charge is 0.480 e. The molecule has 1 aromatic rings. The van der Waals surface area contributed by atoms with Crippen LogP contribution in [0, 0.1) is 5.41 Å². The molecule has 0 saturated heterocycles. The van der Waals surface area contributed by atoms with E-state index in [0.717, 1.165) is 5.56 Å². The van der Waals surface area contributed by atoms with Gasteiger partial charge in [0.05, 0.1) is 6.54 Å². The molecule has 2 N–H and O–H groups in total. The summed E-state index contributed by atoms with van der Waals surface area (Å²) in [6.45, 7) is 2.48. The number of carboxylic acids is 1. The van der Waals surface area contributed by atoms with Crippen molar-refractivity contribution in [3.63, 3.8) is 0 Å². The monoisotopic (exact) mass is 237 g/mol. The Morgan fingerprint density at radius 2 is 1.76 bits per heavy atom. The van der Waals surface area contributed by atoms with E-state index >= 15 is 0 Å². The Labute approximate surface area is 99.2 Å². The van der Waals surface area contributed by atoms with E-state index in [-0.39, 0.29) is 6.54 Å². The number of hydrogen-bond donors (Lipinski definition) is 2. The van der Waals surface area contributed by atoms with Crippen LogP contribution in [-0.2, 0) is 16.1 Å². The molecule has 92 valence electrons. The van der Waals surface area contributed by atoms with Gasteiger partial charge in [-0.1, -0.05) is 30.3 Å². The summed E-state index contributed by atoms with van der Waals surface area (Å²) < 4.78 is 0. The summed E-state index contributed by atoms with van der Waals surface area (Å²) in [5.41, 5.74) is -0.909. The molecule has 1 rings (SSSR count). The standard InChI is InChI=1S/C12H15NO4/c1-12(2,11(15)16)10(14)13(17)8-9-6-4-3-5-7-9/h3-7,17H,8H2,1-2H3,(H,15,16). The van der Waals surface area contributed by atoms with Crippen molar-refractivity contribution in [1.29, 1.82) is 0 Å². The first-order valence-electron chi connectivity index (χ1n) is 5.14. The Bertz CT molecular complexity index is 414. The van der Waals surface area contributed by atoms with Crippen molar-refractivity contribution in [1.82, 2.24) is 5.06 Å². The Kier molecular flexibility index (Phi) is 3.85. The van der Waals surface area contributed by atoms with E-state index in [4.69, 9.17) is 5.11 Å². The first-order valence-corrected chi connectivity index (χ1v) is 5.14. The summed E-state index contributed by atoms with van der Waals surface area (Å²) in [6.07, 6.45) is 0. The van der Waals surface area contributed by atoms with Gasteiger partial charge in [-0.2, -0.15) is 0 Å². The number of aliphatic carboxylic acids is 1. The van der Waals surface area contributed by atoms with Crippen molar-refractivity contribution in [2.75, 3.05) is 0 Å². The zero-order valence-electron chi connectivity index (χ0n) is 9.75. The first kappa shape index (κ1) is 13.2. The van der Waals surface area contributed by atoms with Gasteiger partial charge in [-0.15, -0.1) is 0 Å². The van der Waals surface area contributed by atoms with E-state index in [1.54, 1.807) is 24.3 Å². The van der Waals surface area contributed by atoms with Crippen molar-refractivity contribution < 1.29 is 19.9 Å². The zero-order chi connectivity index (χ0) is 13.1. The van der Waals surface area contributed by atoms with Crippen molar-refractivity contribution in [2.45, 2.75) is 20.4 Å². The third-order valence-electron chi connectivity index (χ3n) is 2.48. The van der Waals surface area contributed by atoms with Gasteiger partial charge < -0.3 is 5.11 Å². The van der Waals surface area contributed by atoms with Gasteiger partial charge in [0.15, 0.2) is 0 Å². The highest BCUT2D eigenvalue weighted by Gasteiger charge is 2.39. The van der Waals surface area contributed by atoms with Crippen LogP contribution >= 0.6 is 0 Å². The topological polar surface area (TPSA) is 77.8 Å². The third kappa shape index (κ3) is 3.04. The molecule has 1 aromatic carbocycles. The lowest BCUT2D eigenvalue weighted by molar-refractivity contribution is -0.183. The Morgan fingerprint density at radius 3 is 2.24 bits per heavy atom. The van der Waals surface area contributed by atoms with Crippen LogP contribution in [-0.4, -0.2) is 27.3 Å². The minimum atomic E-state index is -1.64. The van der Waals surface area contributed by atoms with Crippen LogP contribution in [0.4, 0.5) is 0 Å². The van der Waals surface area contributed by atoms with Gasteiger partial charge >= 0.3 is 5.97 Å². The summed E-state index contributed by atoms with van der Waals surface area (Å²) in [7, 11) is 0. The number of benzene rings is 1. The van der Waals surface area contributed by atoms with E-state index in [1.165, 1.54) is 13.8 Å². The maximum atomic E-state index is 11.7. The van der Waals surface area contributed by atoms with Crippen LogP contribution < -0.4 is 0 Å². The molecule has 5 heteroatoms. The van der Waals surface area contributed by atoms with Crippen molar-refractivity contribution in [3.05, 3.63) is 35.9 Å². The average Bonchev–Trinajstić information content (AvgIpc) is 2.29. The van der Waals surface area contributed by atoms with Gasteiger partial charge in [-0.25, -0.2) is 5.06 Å². The normalized spacial score (nSPS) is 11.0. The Hall–Kier alpha value is -1.88. The Morgan fingerprint density at radius 1 is 1.24 bits per heavy atom. The molecule has 0 aliphatic heterocycles. The van der Waals surface area contributed by atoms with Crippen LogP contribution in [0.5, 0.6) is 0 Å². The molecular formula is C12H15NO4. The van der Waals surface area contributed by atoms with Gasteiger partial charge in [0, 0.05) is 0 Å². The second-order valence-corrected chi connectivity index (χ2v) is 4.28. The minimum absolute atomic E-state index is 0.0314. The number of carboxylic acid groups (broad SMARTS) is 1. The highest BCUT2D eigenvalue weighted by molar-refractivity contribution is 6.00. The lowest BCUT2D eigenvalue weighted by atomic mass is 9.92. The van der Waals surface area contributed by atoms with Gasteiger partial charge in [-0.3, -0.25) is 14.8 Å². The number of hydrogen-bond acceptors (Lipinski definition) is 3. The lowest BCUT2D eigenvalue weighted by Gasteiger charge is -2.24. The fourth-order valence-corrected chi connectivity index (χ4v) is 1.24. The van der Waals surface area contributed by atoms with E-state index in [1.807, 2.05) is 6.07 Å².